The number of aromatic nitrogens is 4. The van der Waals surface area contributed by atoms with Crippen LogP contribution in [0.3, 0.4) is 0 Å². The van der Waals surface area contributed by atoms with Crippen molar-refractivity contribution < 1.29 is 13.4 Å². The summed E-state index contributed by atoms with van der Waals surface area (Å²) in [6.45, 7) is 6.21. The third-order valence-corrected chi connectivity index (χ3v) is 4.99. The minimum Gasteiger partial charge on any atom is -0.459 e. The smallest absolute Gasteiger partial charge is 0.293 e. The first kappa shape index (κ1) is 18.3. The molecule has 0 unspecified atom stereocenters. The van der Waals surface area contributed by atoms with Gasteiger partial charge in [0.15, 0.2) is 11.6 Å². The van der Waals surface area contributed by atoms with Crippen molar-refractivity contribution in [2.45, 2.75) is 24.8 Å². The number of anilines is 1. The van der Waals surface area contributed by atoms with E-state index >= 15 is 0 Å². The molecule has 0 fully saturated rings. The highest BCUT2D eigenvalue weighted by molar-refractivity contribution is 7.98. The fourth-order valence-electron chi connectivity index (χ4n) is 2.73. The summed E-state index contributed by atoms with van der Waals surface area (Å²) in [5.41, 5.74) is 2.06. The maximum Gasteiger partial charge on any atom is 0.293 e. The van der Waals surface area contributed by atoms with Crippen LogP contribution in [0.15, 0.2) is 61.2 Å². The molecule has 0 atom stereocenters. The third-order valence-electron chi connectivity index (χ3n) is 4.17. The Kier molecular flexibility index (Phi) is 5.43. The van der Waals surface area contributed by atoms with Gasteiger partial charge in [-0.05, 0) is 50.2 Å². The van der Waals surface area contributed by atoms with Gasteiger partial charge in [0.25, 0.3) is 11.1 Å². The molecule has 0 saturated carbocycles. The van der Waals surface area contributed by atoms with Crippen molar-refractivity contribution in [2.75, 3.05) is 18.0 Å². The summed E-state index contributed by atoms with van der Waals surface area (Å²) in [4.78, 5) is 6.57. The lowest BCUT2D eigenvalue weighted by atomic mass is 10.2. The molecule has 144 valence electrons. The van der Waals surface area contributed by atoms with Crippen LogP contribution in [-0.2, 0) is 5.75 Å². The van der Waals surface area contributed by atoms with E-state index in [1.165, 1.54) is 17.4 Å². The van der Waals surface area contributed by atoms with Gasteiger partial charge in [0.05, 0.1) is 12.0 Å². The number of hydrogen-bond acceptors (Lipinski definition) is 9. The summed E-state index contributed by atoms with van der Waals surface area (Å²) in [6, 6.07) is 11.6. The van der Waals surface area contributed by atoms with Gasteiger partial charge in [0.2, 0.25) is 5.89 Å². The highest BCUT2D eigenvalue weighted by Gasteiger charge is 2.14. The average molecular weight is 397 g/mol. The zero-order chi connectivity index (χ0) is 19.3. The second-order valence-corrected chi connectivity index (χ2v) is 6.80. The maximum absolute atomic E-state index is 5.75. The van der Waals surface area contributed by atoms with E-state index in [0.29, 0.717) is 34.3 Å². The Morgan fingerprint density at radius 2 is 1.82 bits per heavy atom. The van der Waals surface area contributed by atoms with Crippen LogP contribution < -0.4 is 4.90 Å². The minimum absolute atomic E-state index is 0.347. The van der Waals surface area contributed by atoms with Crippen LogP contribution in [-0.4, -0.2) is 33.4 Å². The fraction of sp³-hybridized carbons (Fsp3) is 0.263. The molecule has 3 heterocycles. The maximum atomic E-state index is 5.75. The van der Waals surface area contributed by atoms with Crippen molar-refractivity contribution in [3.63, 3.8) is 0 Å². The standard InChI is InChI=1S/C19H19N5O3S/c1-3-24(4-2)14-9-7-13(8-10-14)17-21-22-19(26-17)28-12-16-20-18(27-23-16)15-6-5-11-25-15/h5-11H,3-4,12H2,1-2H3. The van der Waals surface area contributed by atoms with Crippen molar-refractivity contribution in [2.24, 2.45) is 0 Å². The summed E-state index contributed by atoms with van der Waals surface area (Å²) in [6.07, 6.45) is 1.56. The molecule has 0 aliphatic carbocycles. The van der Waals surface area contributed by atoms with E-state index in [9.17, 15) is 0 Å². The SMILES string of the molecule is CCN(CC)c1ccc(-c2nnc(SCc3noc(-c4ccco4)n3)o2)cc1. The summed E-state index contributed by atoms with van der Waals surface area (Å²) in [7, 11) is 0. The zero-order valence-corrected chi connectivity index (χ0v) is 16.3. The molecule has 0 radical (unpaired) electrons. The van der Waals surface area contributed by atoms with E-state index in [2.05, 4.69) is 51.2 Å². The van der Waals surface area contributed by atoms with Gasteiger partial charge in [0, 0.05) is 24.3 Å². The van der Waals surface area contributed by atoms with Gasteiger partial charge in [-0.25, -0.2) is 0 Å². The normalized spacial score (nSPS) is 11.1. The zero-order valence-electron chi connectivity index (χ0n) is 15.5. The van der Waals surface area contributed by atoms with E-state index < -0.39 is 0 Å². The van der Waals surface area contributed by atoms with Crippen molar-refractivity contribution in [3.05, 3.63) is 48.5 Å². The molecular weight excluding hydrogens is 378 g/mol. The second-order valence-electron chi connectivity index (χ2n) is 5.87. The Hall–Kier alpha value is -3.07. The average Bonchev–Trinajstić information content (AvgIpc) is 3.49. The molecule has 28 heavy (non-hydrogen) atoms. The van der Waals surface area contributed by atoms with Gasteiger partial charge in [-0.2, -0.15) is 4.98 Å². The number of benzene rings is 1. The van der Waals surface area contributed by atoms with Crippen LogP contribution >= 0.6 is 11.8 Å². The van der Waals surface area contributed by atoms with Crippen molar-refractivity contribution in [3.8, 4) is 23.1 Å². The molecule has 0 aliphatic heterocycles. The highest BCUT2D eigenvalue weighted by Crippen LogP contribution is 2.27. The van der Waals surface area contributed by atoms with E-state index in [0.717, 1.165) is 18.7 Å². The summed E-state index contributed by atoms with van der Waals surface area (Å²) in [5, 5.41) is 12.6. The highest BCUT2D eigenvalue weighted by atomic mass is 32.2. The Bertz CT molecular complexity index is 1010. The van der Waals surface area contributed by atoms with Crippen LogP contribution in [0, 0.1) is 0 Å². The van der Waals surface area contributed by atoms with Gasteiger partial charge in [0.1, 0.15) is 0 Å². The Morgan fingerprint density at radius 3 is 2.54 bits per heavy atom. The molecule has 4 rings (SSSR count). The topological polar surface area (TPSA) is 94.2 Å². The molecule has 0 amide bonds. The molecule has 9 heteroatoms. The number of thioether (sulfide) groups is 1. The van der Waals surface area contributed by atoms with Gasteiger partial charge < -0.3 is 18.3 Å². The van der Waals surface area contributed by atoms with Gasteiger partial charge in [-0.1, -0.05) is 16.9 Å². The van der Waals surface area contributed by atoms with Gasteiger partial charge in [-0.3, -0.25) is 0 Å². The first-order chi connectivity index (χ1) is 13.8. The largest absolute Gasteiger partial charge is 0.459 e. The lowest BCUT2D eigenvalue weighted by molar-refractivity contribution is 0.411. The molecule has 0 bridgehead atoms. The van der Waals surface area contributed by atoms with E-state index in [1.54, 1.807) is 18.4 Å². The molecule has 8 nitrogen and oxygen atoms in total. The number of hydrogen-bond donors (Lipinski definition) is 0. The predicted octanol–water partition coefficient (Wildman–Crippen LogP) is 4.52. The fourth-order valence-corrected chi connectivity index (χ4v) is 3.33. The third kappa shape index (κ3) is 3.94. The van der Waals surface area contributed by atoms with Crippen molar-refractivity contribution >= 4 is 17.4 Å². The molecule has 0 aliphatic rings. The van der Waals surface area contributed by atoms with E-state index in [1.807, 2.05) is 12.1 Å². The van der Waals surface area contributed by atoms with Crippen LogP contribution in [0.25, 0.3) is 23.1 Å². The Balaban J connectivity index is 1.39. The first-order valence-electron chi connectivity index (χ1n) is 8.95. The van der Waals surface area contributed by atoms with Crippen molar-refractivity contribution in [1.29, 1.82) is 0 Å². The van der Waals surface area contributed by atoms with Gasteiger partial charge in [-0.15, -0.1) is 10.2 Å². The first-order valence-corrected chi connectivity index (χ1v) is 9.93. The lowest BCUT2D eigenvalue weighted by Crippen LogP contribution is -2.21. The molecular formula is C19H19N5O3S. The van der Waals surface area contributed by atoms with Crippen LogP contribution in [0.4, 0.5) is 5.69 Å². The number of nitrogens with zero attached hydrogens (tertiary/aromatic N) is 5. The van der Waals surface area contributed by atoms with E-state index in [-0.39, 0.29) is 0 Å². The summed E-state index contributed by atoms with van der Waals surface area (Å²) >= 11 is 1.35. The molecule has 3 aromatic heterocycles. The van der Waals surface area contributed by atoms with Crippen LogP contribution in [0.5, 0.6) is 0 Å². The quantitative estimate of drug-likeness (QED) is 0.398. The van der Waals surface area contributed by atoms with E-state index in [4.69, 9.17) is 13.4 Å². The Morgan fingerprint density at radius 1 is 1.00 bits per heavy atom. The second kappa shape index (κ2) is 8.30. The molecule has 4 aromatic rings. The molecule has 0 saturated heterocycles. The predicted molar refractivity (Wildman–Crippen MR) is 105 cm³/mol. The molecule has 0 N–H and O–H groups in total. The number of furan rings is 1. The van der Waals surface area contributed by atoms with Crippen LogP contribution in [0.1, 0.15) is 19.7 Å². The molecule has 1 aromatic carbocycles. The monoisotopic (exact) mass is 397 g/mol. The van der Waals surface area contributed by atoms with Crippen LogP contribution in [0.2, 0.25) is 0 Å². The minimum atomic E-state index is 0.347. The summed E-state index contributed by atoms with van der Waals surface area (Å²) in [5.74, 6) is 2.35. The summed E-state index contributed by atoms with van der Waals surface area (Å²) < 4.78 is 16.2. The lowest BCUT2D eigenvalue weighted by Gasteiger charge is -2.20. The molecule has 0 spiro atoms. The Labute approximate surface area is 165 Å². The van der Waals surface area contributed by atoms with Gasteiger partial charge >= 0.3 is 0 Å². The number of rotatable bonds is 8. The van der Waals surface area contributed by atoms with Crippen molar-refractivity contribution in [1.82, 2.24) is 20.3 Å².